The molecule has 0 fully saturated rings. The third-order valence-corrected chi connectivity index (χ3v) is 3.36. The summed E-state index contributed by atoms with van der Waals surface area (Å²) in [6.07, 6.45) is 1.90. The first-order valence-electron chi connectivity index (χ1n) is 4.93. The summed E-state index contributed by atoms with van der Waals surface area (Å²) in [5, 5.41) is 2.87. The van der Waals surface area contributed by atoms with E-state index in [0.717, 1.165) is 12.8 Å². The number of amides is 1. The van der Waals surface area contributed by atoms with Gasteiger partial charge in [0.1, 0.15) is 0 Å². The van der Waals surface area contributed by atoms with Gasteiger partial charge in [-0.3, -0.25) is 4.79 Å². The van der Waals surface area contributed by atoms with Crippen molar-refractivity contribution < 1.29 is 4.79 Å². The molecule has 84 valence electrons. The Balaban J connectivity index is 4.15. The average molecular weight is 240 g/mol. The Morgan fingerprint density at radius 1 is 1.43 bits per heavy atom. The van der Waals surface area contributed by atoms with E-state index in [9.17, 15) is 4.79 Å². The van der Waals surface area contributed by atoms with E-state index in [1.807, 2.05) is 13.8 Å². The molecule has 2 nitrogen and oxygen atoms in total. The van der Waals surface area contributed by atoms with Gasteiger partial charge < -0.3 is 5.32 Å². The van der Waals surface area contributed by atoms with Crippen molar-refractivity contribution >= 4 is 29.1 Å². The predicted octanol–water partition coefficient (Wildman–Crippen LogP) is 2.78. The van der Waals surface area contributed by atoms with Gasteiger partial charge in [0.15, 0.2) is 0 Å². The lowest BCUT2D eigenvalue weighted by molar-refractivity contribution is -0.126. The van der Waals surface area contributed by atoms with Crippen molar-refractivity contribution in [1.82, 2.24) is 5.32 Å². The Labute approximate surface area is 96.3 Å². The number of hydrogen-bond acceptors (Lipinski definition) is 1. The van der Waals surface area contributed by atoms with Crippen LogP contribution in [-0.4, -0.2) is 23.2 Å². The van der Waals surface area contributed by atoms with Crippen LogP contribution in [0.5, 0.6) is 0 Å². The molecule has 0 aromatic heterocycles. The number of rotatable bonds is 6. The topological polar surface area (TPSA) is 29.1 Å². The van der Waals surface area contributed by atoms with Gasteiger partial charge in [0.2, 0.25) is 5.91 Å². The minimum absolute atomic E-state index is 0.0331. The molecule has 0 aliphatic heterocycles. The zero-order chi connectivity index (χ0) is 11.2. The summed E-state index contributed by atoms with van der Waals surface area (Å²) in [6, 6.07) is 0. The van der Waals surface area contributed by atoms with Crippen LogP contribution in [0.2, 0.25) is 0 Å². The number of alkyl halides is 2. The Morgan fingerprint density at radius 3 is 2.29 bits per heavy atom. The minimum atomic E-state index is -0.484. The normalized spacial score (nSPS) is 13.8. The molecular formula is C10H19Cl2NO. The molecule has 0 aliphatic carbocycles. The summed E-state index contributed by atoms with van der Waals surface area (Å²) in [5.74, 6) is 0.740. The molecule has 0 rings (SSSR count). The summed E-state index contributed by atoms with van der Waals surface area (Å²) in [7, 11) is 0. The second-order valence-corrected chi connectivity index (χ2v) is 4.54. The standard InChI is InChI=1S/C10H19Cl2NO/c1-4-5-8(2)9(14)13-10(3,6-11)7-12/h8H,4-7H2,1-3H3,(H,13,14). The molecule has 0 saturated carbocycles. The molecule has 0 aromatic carbocycles. The predicted molar refractivity (Wildman–Crippen MR) is 62.1 cm³/mol. The average Bonchev–Trinajstić information content (AvgIpc) is 2.18. The molecule has 0 radical (unpaired) electrons. The van der Waals surface area contributed by atoms with E-state index in [1.165, 1.54) is 0 Å². The van der Waals surface area contributed by atoms with Crippen LogP contribution in [0.15, 0.2) is 0 Å². The highest BCUT2D eigenvalue weighted by Gasteiger charge is 2.26. The molecule has 1 atom stereocenters. The van der Waals surface area contributed by atoms with Crippen molar-refractivity contribution in [3.05, 3.63) is 0 Å². The minimum Gasteiger partial charge on any atom is -0.348 e. The van der Waals surface area contributed by atoms with E-state index in [-0.39, 0.29) is 11.8 Å². The quantitative estimate of drug-likeness (QED) is 0.710. The molecule has 1 amide bonds. The van der Waals surface area contributed by atoms with Crippen molar-refractivity contribution in [2.45, 2.75) is 39.2 Å². The first kappa shape index (κ1) is 14.1. The highest BCUT2D eigenvalue weighted by atomic mass is 35.5. The summed E-state index contributed by atoms with van der Waals surface area (Å²) >= 11 is 11.5. The highest BCUT2D eigenvalue weighted by Crippen LogP contribution is 2.12. The van der Waals surface area contributed by atoms with Gasteiger partial charge in [0, 0.05) is 17.7 Å². The maximum atomic E-state index is 11.6. The second kappa shape index (κ2) is 6.52. The SMILES string of the molecule is CCCC(C)C(=O)NC(C)(CCl)CCl. The third kappa shape index (κ3) is 4.52. The zero-order valence-electron chi connectivity index (χ0n) is 9.07. The fraction of sp³-hybridized carbons (Fsp3) is 0.900. The third-order valence-electron chi connectivity index (χ3n) is 2.18. The number of hydrogen-bond donors (Lipinski definition) is 1. The molecule has 1 unspecified atom stereocenters. The van der Waals surface area contributed by atoms with Gasteiger partial charge in [-0.25, -0.2) is 0 Å². The lowest BCUT2D eigenvalue weighted by Crippen LogP contribution is -2.50. The van der Waals surface area contributed by atoms with Gasteiger partial charge >= 0.3 is 0 Å². The Hall–Kier alpha value is 0.0500. The maximum Gasteiger partial charge on any atom is 0.223 e. The number of carbonyl (C=O) groups excluding carboxylic acids is 1. The highest BCUT2D eigenvalue weighted by molar-refractivity contribution is 6.22. The van der Waals surface area contributed by atoms with E-state index in [0.29, 0.717) is 11.8 Å². The fourth-order valence-corrected chi connectivity index (χ4v) is 1.51. The molecular weight excluding hydrogens is 221 g/mol. The summed E-state index contributed by atoms with van der Waals surface area (Å²) < 4.78 is 0. The van der Waals surface area contributed by atoms with E-state index < -0.39 is 5.54 Å². The first-order valence-corrected chi connectivity index (χ1v) is 6.00. The van der Waals surface area contributed by atoms with Gasteiger partial charge in [0.05, 0.1) is 5.54 Å². The Morgan fingerprint density at radius 2 is 1.93 bits per heavy atom. The van der Waals surface area contributed by atoms with Gasteiger partial charge in [-0.15, -0.1) is 23.2 Å². The smallest absolute Gasteiger partial charge is 0.223 e. The summed E-state index contributed by atoms with van der Waals surface area (Å²) in [4.78, 5) is 11.6. The van der Waals surface area contributed by atoms with Crippen LogP contribution < -0.4 is 5.32 Å². The maximum absolute atomic E-state index is 11.6. The van der Waals surface area contributed by atoms with Crippen LogP contribution >= 0.6 is 23.2 Å². The van der Waals surface area contributed by atoms with Gasteiger partial charge in [0.25, 0.3) is 0 Å². The summed E-state index contributed by atoms with van der Waals surface area (Å²) in [6.45, 7) is 5.83. The van der Waals surface area contributed by atoms with Crippen molar-refractivity contribution in [1.29, 1.82) is 0 Å². The second-order valence-electron chi connectivity index (χ2n) is 4.01. The van der Waals surface area contributed by atoms with E-state index in [2.05, 4.69) is 12.2 Å². The Bertz CT molecular complexity index is 181. The van der Waals surface area contributed by atoms with Gasteiger partial charge in [-0.1, -0.05) is 20.3 Å². The zero-order valence-corrected chi connectivity index (χ0v) is 10.6. The van der Waals surface area contributed by atoms with Crippen LogP contribution in [0.25, 0.3) is 0 Å². The number of nitrogens with one attached hydrogen (secondary N) is 1. The van der Waals surface area contributed by atoms with E-state index in [4.69, 9.17) is 23.2 Å². The molecule has 1 N–H and O–H groups in total. The number of carbonyl (C=O) groups is 1. The van der Waals surface area contributed by atoms with Crippen molar-refractivity contribution in [3.63, 3.8) is 0 Å². The van der Waals surface area contributed by atoms with Crippen LogP contribution in [-0.2, 0) is 4.79 Å². The molecule has 0 heterocycles. The van der Waals surface area contributed by atoms with Gasteiger partial charge in [-0.05, 0) is 13.3 Å². The largest absolute Gasteiger partial charge is 0.348 e. The van der Waals surface area contributed by atoms with Crippen molar-refractivity contribution in [2.24, 2.45) is 5.92 Å². The first-order chi connectivity index (χ1) is 6.49. The molecule has 4 heteroatoms. The van der Waals surface area contributed by atoms with Crippen LogP contribution in [0.4, 0.5) is 0 Å². The molecule has 0 saturated heterocycles. The number of halogens is 2. The monoisotopic (exact) mass is 239 g/mol. The molecule has 0 spiro atoms. The fourth-order valence-electron chi connectivity index (χ4n) is 1.09. The molecule has 0 aliphatic rings. The lowest BCUT2D eigenvalue weighted by Gasteiger charge is -2.27. The molecule has 0 bridgehead atoms. The van der Waals surface area contributed by atoms with Crippen LogP contribution in [0, 0.1) is 5.92 Å². The van der Waals surface area contributed by atoms with Crippen molar-refractivity contribution in [3.8, 4) is 0 Å². The molecule has 14 heavy (non-hydrogen) atoms. The lowest BCUT2D eigenvalue weighted by atomic mass is 10.0. The van der Waals surface area contributed by atoms with E-state index >= 15 is 0 Å². The van der Waals surface area contributed by atoms with Crippen LogP contribution in [0.3, 0.4) is 0 Å². The van der Waals surface area contributed by atoms with Gasteiger partial charge in [-0.2, -0.15) is 0 Å². The van der Waals surface area contributed by atoms with E-state index in [1.54, 1.807) is 0 Å². The Kier molecular flexibility index (Phi) is 6.54. The van der Waals surface area contributed by atoms with Crippen molar-refractivity contribution in [2.75, 3.05) is 11.8 Å². The van der Waals surface area contributed by atoms with Crippen LogP contribution in [0.1, 0.15) is 33.6 Å². The molecule has 0 aromatic rings. The summed E-state index contributed by atoms with van der Waals surface area (Å²) in [5.41, 5.74) is -0.484.